The number of likely N-dealkylation sites (N-methyl/N-ethyl adjacent to an activating group) is 1. The molecule has 4 radical (unpaired) electrons. The highest BCUT2D eigenvalue weighted by Crippen LogP contribution is 2.50. The topological polar surface area (TPSA) is 128 Å². The number of carboxylic acids is 1. The van der Waals surface area contributed by atoms with Gasteiger partial charge in [0.1, 0.15) is 57.3 Å². The van der Waals surface area contributed by atoms with Crippen LogP contribution in [0.1, 0.15) is 23.0 Å². The highest BCUT2D eigenvalue weighted by Gasteiger charge is 2.38. The van der Waals surface area contributed by atoms with Gasteiger partial charge in [-0.2, -0.15) is 22.7 Å². The van der Waals surface area contributed by atoms with Crippen LogP contribution in [0.2, 0.25) is 5.02 Å². The number of halogens is 6. The van der Waals surface area contributed by atoms with E-state index in [9.17, 15) is 27.5 Å². The maximum atomic E-state index is 16.7. The van der Waals surface area contributed by atoms with Crippen LogP contribution in [0.25, 0.3) is 32.0 Å². The molecule has 0 amide bonds. The normalized spacial score (nSPS) is 15.3. The van der Waals surface area contributed by atoms with Gasteiger partial charge in [0.15, 0.2) is 6.17 Å². The molecule has 2 aromatic carbocycles. The van der Waals surface area contributed by atoms with Gasteiger partial charge in [0.2, 0.25) is 12.0 Å². The number of hydrogen-bond donors (Lipinski definition) is 1. The van der Waals surface area contributed by atoms with Crippen molar-refractivity contribution in [3.8, 4) is 39.1 Å². The Balaban J connectivity index is 1.23. The molecule has 1 saturated heterocycles. The Morgan fingerprint density at radius 2 is 1.80 bits per heavy atom. The molecular weight excluding hydrogens is 833 g/mol. The van der Waals surface area contributed by atoms with Crippen molar-refractivity contribution in [3.05, 3.63) is 95.0 Å². The number of carboxylic acid groups (broad SMARTS) is 1. The maximum Gasteiger partial charge on any atom is 0.408 e. The Morgan fingerprint density at radius 3 is 2.50 bits per heavy atom. The molecule has 2 atom stereocenters. The summed E-state index contributed by atoms with van der Waals surface area (Å²) < 4.78 is 94.4. The van der Waals surface area contributed by atoms with Gasteiger partial charge in [-0.1, -0.05) is 35.9 Å². The molecule has 7 rings (SSSR count). The summed E-state index contributed by atoms with van der Waals surface area (Å²) >= 11 is 7.97. The zero-order chi connectivity index (χ0) is 42.9. The summed E-state index contributed by atoms with van der Waals surface area (Å²) in [5, 5.41) is 11.9. The zero-order valence-corrected chi connectivity index (χ0v) is 33.5. The summed E-state index contributed by atoms with van der Waals surface area (Å²) in [5.41, 5.74) is 0.527. The number of para-hydroxylation sites is 1. The molecule has 12 nitrogen and oxygen atoms in total. The number of furan rings is 1. The minimum atomic E-state index is -4.69. The Morgan fingerprint density at radius 1 is 1.05 bits per heavy atom. The zero-order valence-electron chi connectivity index (χ0n) is 32.0. The van der Waals surface area contributed by atoms with Gasteiger partial charge in [-0.25, -0.2) is 19.2 Å². The molecule has 0 saturated carbocycles. The van der Waals surface area contributed by atoms with Crippen LogP contribution in [0, 0.1) is 12.9 Å². The molecule has 21 heteroatoms. The fourth-order valence-corrected chi connectivity index (χ4v) is 8.10. The second-order valence-electron chi connectivity index (χ2n) is 14.0. The van der Waals surface area contributed by atoms with Gasteiger partial charge in [0, 0.05) is 56.1 Å². The number of nitrogens with zero attached hydrogens (tertiary/aromatic N) is 6. The fraction of sp³-hybridized carbons (Fsp3) is 0.333. The van der Waals surface area contributed by atoms with Crippen LogP contribution in [0.15, 0.2) is 71.5 Å². The molecule has 0 aliphatic carbocycles. The number of alkyl halides is 4. The number of ether oxygens (including phenoxy) is 3. The number of rotatable bonds is 15. The minimum absolute atomic E-state index is 0.104. The van der Waals surface area contributed by atoms with Gasteiger partial charge in [-0.05, 0) is 49.4 Å². The smallest absolute Gasteiger partial charge is 0.408 e. The second-order valence-corrected chi connectivity index (χ2v) is 15.4. The number of fused-ring (bicyclic) bond motifs is 1. The van der Waals surface area contributed by atoms with Crippen molar-refractivity contribution in [2.75, 3.05) is 46.4 Å². The third-order valence-electron chi connectivity index (χ3n) is 9.82. The molecule has 1 aliphatic rings. The van der Waals surface area contributed by atoms with E-state index in [0.717, 1.165) is 62.2 Å². The molecule has 4 aromatic heterocycles. The quantitative estimate of drug-likeness (QED) is 0.0834. The molecule has 1 N–H and O–H groups in total. The Hall–Kier alpha value is -5.17. The summed E-state index contributed by atoms with van der Waals surface area (Å²) in [6, 6.07) is 11.3. The van der Waals surface area contributed by atoms with E-state index >= 15 is 4.39 Å². The average Bonchev–Trinajstić information content (AvgIpc) is 3.94. The lowest BCUT2D eigenvalue weighted by Crippen LogP contribution is -2.45. The third-order valence-corrected chi connectivity index (χ3v) is 11.4. The summed E-state index contributed by atoms with van der Waals surface area (Å²) in [7, 11) is 14.3. The van der Waals surface area contributed by atoms with Gasteiger partial charge < -0.3 is 28.6 Å². The standard InChI is InChI=1S/C39H34B2ClF5N6O6S/c1-21-22(7-8-25(31(21)42)56-18-17-52-15-13-51(2)14-16-52)29-30-35(48-20-49-36(30)60-34(29)26-9-10-28(43)57-26)58-33(37(54)55)32(44)23-5-3-4-6-24(23)59-39(40,41)27-11-12-50-53(27)19-38(45,46)47/h3-12,20,32-33H,13-19H2,1-2H3,(H,54,55)/t32-,33+/m0/s1. The lowest BCUT2D eigenvalue weighted by atomic mass is 9.63. The van der Waals surface area contributed by atoms with E-state index in [2.05, 4.69) is 31.9 Å². The van der Waals surface area contributed by atoms with Gasteiger partial charge in [0.25, 0.3) is 6.01 Å². The van der Waals surface area contributed by atoms with E-state index in [0.29, 0.717) is 45.2 Å². The molecule has 6 aromatic rings. The van der Waals surface area contributed by atoms with Crippen LogP contribution in [-0.2, 0) is 16.7 Å². The molecule has 60 heavy (non-hydrogen) atoms. The third kappa shape index (κ3) is 9.26. The molecule has 0 unspecified atom stereocenters. The number of thiophene rings is 1. The second kappa shape index (κ2) is 17.4. The van der Waals surface area contributed by atoms with Gasteiger partial charge in [-0.15, -0.1) is 11.3 Å². The van der Waals surface area contributed by atoms with Crippen molar-refractivity contribution in [1.29, 1.82) is 0 Å². The first-order valence-corrected chi connectivity index (χ1v) is 19.5. The van der Waals surface area contributed by atoms with Gasteiger partial charge >= 0.3 is 12.1 Å². The predicted molar refractivity (Wildman–Crippen MR) is 214 cm³/mol. The number of aliphatic carboxylic acids is 1. The summed E-state index contributed by atoms with van der Waals surface area (Å²) in [6.45, 7) is 4.99. The fourth-order valence-electron chi connectivity index (χ4n) is 6.78. The van der Waals surface area contributed by atoms with Crippen LogP contribution in [0.3, 0.4) is 0 Å². The molecule has 0 bridgehead atoms. The van der Waals surface area contributed by atoms with Crippen LogP contribution < -0.4 is 14.2 Å². The maximum absolute atomic E-state index is 16.7. The van der Waals surface area contributed by atoms with Crippen molar-refractivity contribution in [3.63, 3.8) is 0 Å². The number of aromatic nitrogens is 4. The molecule has 1 fully saturated rings. The number of hydrogen-bond acceptors (Lipinski definition) is 11. The van der Waals surface area contributed by atoms with Crippen LogP contribution in [0.5, 0.6) is 17.4 Å². The van der Waals surface area contributed by atoms with Crippen LogP contribution in [-0.4, -0.2) is 115 Å². The number of benzene rings is 2. The van der Waals surface area contributed by atoms with Crippen LogP contribution >= 0.6 is 22.9 Å². The molecule has 1 aliphatic heterocycles. The van der Waals surface area contributed by atoms with E-state index in [1.165, 1.54) is 30.3 Å². The monoisotopic (exact) mass is 866 g/mol. The van der Waals surface area contributed by atoms with Crippen molar-refractivity contribution in [2.24, 2.45) is 0 Å². The van der Waals surface area contributed by atoms with Crippen molar-refractivity contribution < 1.29 is 50.5 Å². The molecule has 5 heterocycles. The van der Waals surface area contributed by atoms with Crippen LogP contribution in [0.4, 0.5) is 22.0 Å². The Bertz CT molecular complexity index is 2490. The van der Waals surface area contributed by atoms with Gasteiger partial charge in [-0.3, -0.25) is 9.58 Å². The minimum Gasteiger partial charge on any atom is -0.501 e. The van der Waals surface area contributed by atoms with Crippen molar-refractivity contribution in [2.45, 2.75) is 37.3 Å². The summed E-state index contributed by atoms with van der Waals surface area (Å²) in [6.07, 6.45) is -7.40. The lowest BCUT2D eigenvalue weighted by molar-refractivity contribution is -0.148. The van der Waals surface area contributed by atoms with Gasteiger partial charge in [0.05, 0.1) is 26.4 Å². The molecule has 310 valence electrons. The summed E-state index contributed by atoms with van der Waals surface area (Å²) in [5.74, 6) is -1.99. The number of carbonyl (C=O) groups is 1. The van der Waals surface area contributed by atoms with E-state index < -0.39 is 59.4 Å². The Kier molecular flexibility index (Phi) is 12.5. The first-order chi connectivity index (χ1) is 28.5. The lowest BCUT2D eigenvalue weighted by Gasteiger charge is -2.32. The molecular formula is C39H34B2ClF5N6O6S. The average molecular weight is 867 g/mol. The number of piperazine rings is 1. The van der Waals surface area contributed by atoms with E-state index in [1.807, 2.05) is 0 Å². The largest absolute Gasteiger partial charge is 0.501 e. The predicted octanol–water partition coefficient (Wildman–Crippen LogP) is 7.17. The van der Waals surface area contributed by atoms with E-state index in [1.54, 1.807) is 19.1 Å². The first-order valence-electron chi connectivity index (χ1n) is 18.4. The SMILES string of the molecule is [B]C([B])(Oc1ccccc1[C@H](F)[C@@H](Oc1ncnc2sc(-c3ccc(F)o3)c(-c3ccc(OCCN4CCN(C)CC4)c(Cl)c3C)c12)C(=O)O)c1ccnn1CC(F)(F)F. The molecule has 0 spiro atoms. The Labute approximate surface area is 351 Å². The van der Waals surface area contributed by atoms with Crippen molar-refractivity contribution >= 4 is 54.8 Å². The van der Waals surface area contributed by atoms with Crippen molar-refractivity contribution in [1.82, 2.24) is 29.5 Å². The summed E-state index contributed by atoms with van der Waals surface area (Å²) in [4.78, 5) is 26.6. The first kappa shape index (κ1) is 42.9. The highest BCUT2D eigenvalue weighted by atomic mass is 35.5. The van der Waals surface area contributed by atoms with E-state index in [-0.39, 0.29) is 26.9 Å². The highest BCUT2D eigenvalue weighted by molar-refractivity contribution is 7.22. The van der Waals surface area contributed by atoms with E-state index in [4.69, 9.17) is 45.9 Å².